The van der Waals surface area contributed by atoms with E-state index in [0.717, 1.165) is 17.8 Å². The molecule has 0 aromatic carbocycles. The van der Waals surface area contributed by atoms with Gasteiger partial charge in [-0.1, -0.05) is 0 Å². The van der Waals surface area contributed by atoms with Crippen molar-refractivity contribution in [2.45, 2.75) is 30.3 Å². The minimum Gasteiger partial charge on any atom is -0.390 e. The average Bonchev–Trinajstić information content (AvgIpc) is 2.59. The van der Waals surface area contributed by atoms with Crippen molar-refractivity contribution in [3.05, 3.63) is 0 Å². The number of nitrogens with zero attached hydrogens (tertiary/aromatic N) is 2. The SMILES string of the molecule is CC1(O)CCN(c2snc(N)c2S(C)(=O)=O)CC1. The van der Waals surface area contributed by atoms with Crippen LogP contribution in [0.2, 0.25) is 0 Å². The summed E-state index contributed by atoms with van der Waals surface area (Å²) in [7, 11) is -3.38. The van der Waals surface area contributed by atoms with Crippen molar-refractivity contribution in [1.82, 2.24) is 4.37 Å². The van der Waals surface area contributed by atoms with E-state index in [9.17, 15) is 13.5 Å². The second kappa shape index (κ2) is 4.36. The number of anilines is 2. The van der Waals surface area contributed by atoms with Crippen LogP contribution in [-0.2, 0) is 9.84 Å². The first kappa shape index (κ1) is 13.6. The second-order valence-corrected chi connectivity index (χ2v) is 7.66. The van der Waals surface area contributed by atoms with Crippen LogP contribution < -0.4 is 10.6 Å². The van der Waals surface area contributed by atoms with Gasteiger partial charge in [-0.2, -0.15) is 4.37 Å². The Morgan fingerprint density at radius 3 is 2.50 bits per heavy atom. The van der Waals surface area contributed by atoms with Gasteiger partial charge in [0.2, 0.25) is 0 Å². The standard InChI is InChI=1S/C10H17N3O3S2/c1-10(14)3-5-13(6-4-10)9-7(18(2,15)16)8(11)12-17-9/h14H,3-6H2,1-2H3,(H2,11,12). The van der Waals surface area contributed by atoms with Gasteiger partial charge in [0.25, 0.3) is 0 Å². The Kier molecular flexibility index (Phi) is 3.28. The van der Waals surface area contributed by atoms with Crippen LogP contribution in [0.15, 0.2) is 4.90 Å². The number of nitrogen functional groups attached to an aromatic ring is 1. The Morgan fingerprint density at radius 1 is 1.44 bits per heavy atom. The summed E-state index contributed by atoms with van der Waals surface area (Å²) in [6, 6.07) is 0. The molecule has 2 heterocycles. The highest BCUT2D eigenvalue weighted by molar-refractivity contribution is 7.91. The van der Waals surface area contributed by atoms with Gasteiger partial charge >= 0.3 is 0 Å². The molecule has 0 unspecified atom stereocenters. The normalized spacial score (nSPS) is 20.1. The molecule has 0 aliphatic carbocycles. The molecule has 1 fully saturated rings. The Morgan fingerprint density at radius 2 is 2.00 bits per heavy atom. The largest absolute Gasteiger partial charge is 0.390 e. The fourth-order valence-corrected chi connectivity index (χ4v) is 4.28. The molecule has 1 aliphatic rings. The zero-order valence-electron chi connectivity index (χ0n) is 10.4. The monoisotopic (exact) mass is 291 g/mol. The number of aromatic nitrogens is 1. The number of piperidine rings is 1. The van der Waals surface area contributed by atoms with E-state index in [1.165, 1.54) is 0 Å². The molecule has 0 atom stereocenters. The molecule has 1 aliphatic heterocycles. The van der Waals surface area contributed by atoms with Gasteiger partial charge in [0.15, 0.2) is 15.7 Å². The lowest BCUT2D eigenvalue weighted by Gasteiger charge is -2.36. The highest BCUT2D eigenvalue weighted by Gasteiger charge is 2.31. The lowest BCUT2D eigenvalue weighted by atomic mass is 9.94. The lowest BCUT2D eigenvalue weighted by molar-refractivity contribution is 0.0352. The molecule has 8 heteroatoms. The van der Waals surface area contributed by atoms with E-state index < -0.39 is 15.4 Å². The number of hydrogen-bond donors (Lipinski definition) is 2. The highest BCUT2D eigenvalue weighted by Crippen LogP contribution is 2.37. The predicted octanol–water partition coefficient (Wildman–Crippen LogP) is 0.480. The molecule has 6 nitrogen and oxygen atoms in total. The lowest BCUT2D eigenvalue weighted by Crippen LogP contribution is -2.42. The van der Waals surface area contributed by atoms with E-state index in [1.54, 1.807) is 6.92 Å². The van der Waals surface area contributed by atoms with E-state index in [0.29, 0.717) is 30.9 Å². The van der Waals surface area contributed by atoms with Crippen molar-refractivity contribution in [3.63, 3.8) is 0 Å². The van der Waals surface area contributed by atoms with E-state index >= 15 is 0 Å². The van der Waals surface area contributed by atoms with Crippen molar-refractivity contribution in [1.29, 1.82) is 0 Å². The maximum atomic E-state index is 11.7. The Labute approximate surface area is 111 Å². The second-order valence-electron chi connectivity index (χ2n) is 4.96. The molecular formula is C10H17N3O3S2. The summed E-state index contributed by atoms with van der Waals surface area (Å²) in [4.78, 5) is 2.05. The fourth-order valence-electron chi connectivity index (χ4n) is 2.03. The summed E-state index contributed by atoms with van der Waals surface area (Å²) in [6.07, 6.45) is 2.35. The van der Waals surface area contributed by atoms with Gasteiger partial charge in [0.05, 0.1) is 5.60 Å². The molecule has 1 saturated heterocycles. The van der Waals surface area contributed by atoms with E-state index in [1.807, 2.05) is 4.90 Å². The minimum atomic E-state index is -3.38. The third-order valence-electron chi connectivity index (χ3n) is 3.16. The average molecular weight is 291 g/mol. The summed E-state index contributed by atoms with van der Waals surface area (Å²) in [5.74, 6) is 0.0647. The van der Waals surface area contributed by atoms with Crippen molar-refractivity contribution < 1.29 is 13.5 Å². The summed E-state index contributed by atoms with van der Waals surface area (Å²) in [5, 5.41) is 10.5. The topological polar surface area (TPSA) is 96.5 Å². The summed E-state index contributed by atoms with van der Waals surface area (Å²) in [5.41, 5.74) is 4.96. The van der Waals surface area contributed by atoms with Gasteiger partial charge in [-0.05, 0) is 31.3 Å². The summed E-state index contributed by atoms with van der Waals surface area (Å²) >= 11 is 1.10. The van der Waals surface area contributed by atoms with Gasteiger partial charge in [-0.15, -0.1) is 0 Å². The van der Waals surface area contributed by atoms with E-state index in [4.69, 9.17) is 5.73 Å². The number of sulfone groups is 1. The molecule has 1 aromatic heterocycles. The molecule has 2 rings (SSSR count). The number of rotatable bonds is 2. The van der Waals surface area contributed by atoms with Crippen LogP contribution in [0.5, 0.6) is 0 Å². The molecule has 0 radical (unpaired) electrons. The van der Waals surface area contributed by atoms with Crippen LogP contribution >= 0.6 is 11.5 Å². The van der Waals surface area contributed by atoms with Gasteiger partial charge in [0.1, 0.15) is 9.90 Å². The molecule has 0 spiro atoms. The van der Waals surface area contributed by atoms with Gasteiger partial charge in [-0.25, -0.2) is 8.42 Å². The van der Waals surface area contributed by atoms with Gasteiger partial charge in [0, 0.05) is 19.3 Å². The zero-order chi connectivity index (χ0) is 13.6. The summed E-state index contributed by atoms with van der Waals surface area (Å²) in [6.45, 7) is 3.01. The number of aliphatic hydroxyl groups is 1. The van der Waals surface area contributed by atoms with Crippen molar-refractivity contribution in [3.8, 4) is 0 Å². The highest BCUT2D eigenvalue weighted by atomic mass is 32.2. The third kappa shape index (κ3) is 2.60. The molecule has 3 N–H and O–H groups in total. The molecule has 18 heavy (non-hydrogen) atoms. The molecule has 0 amide bonds. The molecule has 0 saturated carbocycles. The van der Waals surface area contributed by atoms with Gasteiger partial charge < -0.3 is 15.7 Å². The van der Waals surface area contributed by atoms with Crippen molar-refractivity contribution in [2.24, 2.45) is 0 Å². The first-order valence-electron chi connectivity index (χ1n) is 5.63. The summed E-state index contributed by atoms with van der Waals surface area (Å²) < 4.78 is 27.4. The quantitative estimate of drug-likeness (QED) is 0.822. The fraction of sp³-hybridized carbons (Fsp3) is 0.700. The number of nitrogens with two attached hydrogens (primary N) is 1. The molecular weight excluding hydrogens is 274 g/mol. The van der Waals surface area contributed by atoms with Crippen molar-refractivity contribution >= 4 is 32.2 Å². The van der Waals surface area contributed by atoms with Crippen LogP contribution in [0.1, 0.15) is 19.8 Å². The third-order valence-corrected chi connectivity index (χ3v) is 5.35. The van der Waals surface area contributed by atoms with Crippen LogP contribution in [-0.4, -0.2) is 42.8 Å². The van der Waals surface area contributed by atoms with Crippen LogP contribution in [0.4, 0.5) is 10.8 Å². The molecule has 1 aromatic rings. The maximum Gasteiger partial charge on any atom is 0.182 e. The van der Waals surface area contributed by atoms with Crippen molar-refractivity contribution in [2.75, 3.05) is 30.0 Å². The van der Waals surface area contributed by atoms with Gasteiger partial charge in [-0.3, -0.25) is 0 Å². The molecule has 0 bridgehead atoms. The van der Waals surface area contributed by atoms with Crippen LogP contribution in [0, 0.1) is 0 Å². The van der Waals surface area contributed by atoms with E-state index in [-0.39, 0.29) is 10.7 Å². The van der Waals surface area contributed by atoms with E-state index in [2.05, 4.69) is 4.37 Å². The Balaban J connectivity index is 2.31. The van der Waals surface area contributed by atoms with Crippen LogP contribution in [0.3, 0.4) is 0 Å². The first-order valence-corrected chi connectivity index (χ1v) is 8.30. The number of hydrogen-bond acceptors (Lipinski definition) is 7. The van der Waals surface area contributed by atoms with Crippen LogP contribution in [0.25, 0.3) is 0 Å². The molecule has 102 valence electrons. The predicted molar refractivity (Wildman–Crippen MR) is 71.7 cm³/mol. The minimum absolute atomic E-state index is 0.0647. The zero-order valence-corrected chi connectivity index (χ0v) is 12.0. The smallest absolute Gasteiger partial charge is 0.182 e. The Bertz CT molecular complexity index is 541. The maximum absolute atomic E-state index is 11.7. The first-order chi connectivity index (χ1) is 8.21. The Hall–Kier alpha value is -0.860.